The lowest BCUT2D eigenvalue weighted by Gasteiger charge is -2.09. The van der Waals surface area contributed by atoms with Gasteiger partial charge >= 0.3 is 6.09 Å². The summed E-state index contributed by atoms with van der Waals surface area (Å²) >= 11 is 0. The van der Waals surface area contributed by atoms with Crippen LogP contribution in [-0.4, -0.2) is 25.2 Å². The number of carbonyl (C=O) groups excluding carboxylic acids is 1. The summed E-state index contributed by atoms with van der Waals surface area (Å²) < 4.78 is 28.1. The van der Waals surface area contributed by atoms with E-state index >= 15 is 0 Å². The van der Waals surface area contributed by atoms with Crippen molar-refractivity contribution < 1.29 is 18.3 Å². The Morgan fingerprint density at radius 2 is 2.56 bits per heavy atom. The molecule has 0 aromatic carbocycles. The zero-order chi connectivity index (χ0) is 6.91. The molecule has 0 bridgehead atoms. The van der Waals surface area contributed by atoms with Gasteiger partial charge in [0, 0.05) is 0 Å². The number of hydrogen-bond donors (Lipinski definition) is 1. The number of ether oxygens (including phenoxy) is 1. The molecule has 1 atom stereocenters. The predicted molar refractivity (Wildman–Crippen MR) is 24.3 cm³/mol. The highest BCUT2D eigenvalue weighted by atomic mass is 19.2. The van der Waals surface area contributed by atoms with Crippen molar-refractivity contribution in [2.75, 3.05) is 13.3 Å². The third-order valence-electron chi connectivity index (χ3n) is 0.970. The number of alkyl halides is 2. The van der Waals surface area contributed by atoms with Crippen molar-refractivity contribution in [2.24, 2.45) is 0 Å². The van der Waals surface area contributed by atoms with E-state index in [1.54, 1.807) is 5.32 Å². The van der Waals surface area contributed by atoms with Gasteiger partial charge in [0.1, 0.15) is 13.3 Å². The molecule has 0 aromatic rings. The summed E-state index contributed by atoms with van der Waals surface area (Å²) in [7, 11) is 0. The maximum Gasteiger partial charge on any atom is 0.409 e. The average molecular weight is 137 g/mol. The molecule has 1 saturated heterocycles. The van der Waals surface area contributed by atoms with E-state index in [0.717, 1.165) is 0 Å². The van der Waals surface area contributed by atoms with Gasteiger partial charge in [-0.2, -0.15) is 0 Å². The quantitative estimate of drug-likeness (QED) is 0.530. The van der Waals surface area contributed by atoms with Crippen LogP contribution < -0.4 is 5.32 Å². The van der Waals surface area contributed by atoms with Gasteiger partial charge in [-0.25, -0.2) is 13.6 Å². The second kappa shape index (κ2) is 1.82. The highest BCUT2D eigenvalue weighted by Gasteiger charge is 2.39. The lowest BCUT2D eigenvalue weighted by Crippen LogP contribution is -2.40. The van der Waals surface area contributed by atoms with Gasteiger partial charge in [0.25, 0.3) is 0 Å². The fourth-order valence-electron chi connectivity index (χ4n) is 0.507. The molecule has 3 nitrogen and oxygen atoms in total. The van der Waals surface area contributed by atoms with E-state index in [4.69, 9.17) is 0 Å². The molecule has 1 rings (SSSR count). The van der Waals surface area contributed by atoms with Crippen LogP contribution in [0, 0.1) is 0 Å². The predicted octanol–water partition coefficient (Wildman–Crippen LogP) is 0.361. The highest BCUT2D eigenvalue weighted by molar-refractivity contribution is 5.70. The molecular weight excluding hydrogens is 132 g/mol. The van der Waals surface area contributed by atoms with Crippen LogP contribution in [0.2, 0.25) is 0 Å². The Kier molecular flexibility index (Phi) is 1.27. The van der Waals surface area contributed by atoms with Gasteiger partial charge in [-0.15, -0.1) is 0 Å². The Bertz CT molecular complexity index is 141. The van der Waals surface area contributed by atoms with Crippen molar-refractivity contribution in [3.05, 3.63) is 0 Å². The van der Waals surface area contributed by atoms with Gasteiger partial charge < -0.3 is 4.74 Å². The summed E-state index contributed by atoms with van der Waals surface area (Å²) in [6.07, 6.45) is -0.907. The Morgan fingerprint density at radius 1 is 1.89 bits per heavy atom. The first-order valence-electron chi connectivity index (χ1n) is 2.36. The summed E-state index contributed by atoms with van der Waals surface area (Å²) in [5.74, 6) is -2.28. The van der Waals surface area contributed by atoms with E-state index < -0.39 is 25.2 Å². The smallest absolute Gasteiger partial charge is 0.409 e. The highest BCUT2D eigenvalue weighted by Crippen LogP contribution is 2.14. The molecular formula is C4H5F2NO2. The van der Waals surface area contributed by atoms with Crippen LogP contribution in [0.4, 0.5) is 13.6 Å². The van der Waals surface area contributed by atoms with Crippen LogP contribution >= 0.6 is 0 Å². The molecule has 52 valence electrons. The lowest BCUT2D eigenvalue weighted by molar-refractivity contribution is 0.0823. The molecule has 0 spiro atoms. The molecule has 1 aliphatic rings. The maximum atomic E-state index is 12.5. The zero-order valence-corrected chi connectivity index (χ0v) is 4.49. The minimum atomic E-state index is -2.28. The number of hydrogen-bond acceptors (Lipinski definition) is 2. The largest absolute Gasteiger partial charge is 0.444 e. The SMILES string of the molecule is O=C1NC(F)(CF)CO1. The van der Waals surface area contributed by atoms with Crippen LogP contribution in [0.5, 0.6) is 0 Å². The lowest BCUT2D eigenvalue weighted by atomic mass is 10.3. The first-order chi connectivity index (χ1) is 4.16. The van der Waals surface area contributed by atoms with Gasteiger partial charge in [0.05, 0.1) is 0 Å². The van der Waals surface area contributed by atoms with E-state index in [9.17, 15) is 13.6 Å². The van der Waals surface area contributed by atoms with Crippen molar-refractivity contribution in [3.63, 3.8) is 0 Å². The second-order valence-corrected chi connectivity index (χ2v) is 1.80. The van der Waals surface area contributed by atoms with Crippen molar-refractivity contribution in [1.29, 1.82) is 0 Å². The minimum absolute atomic E-state index is 0.539. The minimum Gasteiger partial charge on any atom is -0.444 e. The van der Waals surface area contributed by atoms with Gasteiger partial charge in [-0.05, 0) is 0 Å². The molecule has 1 amide bonds. The first-order valence-corrected chi connectivity index (χ1v) is 2.36. The summed E-state index contributed by atoms with van der Waals surface area (Å²) in [5, 5.41) is 1.68. The third-order valence-corrected chi connectivity index (χ3v) is 0.970. The van der Waals surface area contributed by atoms with E-state index in [-0.39, 0.29) is 0 Å². The van der Waals surface area contributed by atoms with Crippen LogP contribution in [0.1, 0.15) is 0 Å². The van der Waals surface area contributed by atoms with Crippen LogP contribution in [-0.2, 0) is 4.74 Å². The molecule has 1 aliphatic heterocycles. The van der Waals surface area contributed by atoms with Crippen LogP contribution in [0.3, 0.4) is 0 Å². The number of nitrogens with one attached hydrogen (secondary N) is 1. The second-order valence-electron chi connectivity index (χ2n) is 1.80. The molecule has 0 aromatic heterocycles. The van der Waals surface area contributed by atoms with E-state index in [1.807, 2.05) is 0 Å². The molecule has 1 N–H and O–H groups in total. The van der Waals surface area contributed by atoms with Crippen molar-refractivity contribution >= 4 is 6.09 Å². The van der Waals surface area contributed by atoms with E-state index in [1.165, 1.54) is 0 Å². The van der Waals surface area contributed by atoms with Gasteiger partial charge in [0.15, 0.2) is 0 Å². The maximum absolute atomic E-state index is 12.5. The zero-order valence-electron chi connectivity index (χ0n) is 4.49. The number of alkyl carbamates (subject to hydrolysis) is 1. The summed E-state index contributed by atoms with van der Waals surface area (Å²) in [6, 6.07) is 0. The van der Waals surface area contributed by atoms with Crippen LogP contribution in [0.15, 0.2) is 0 Å². The Hall–Kier alpha value is -0.870. The molecule has 0 aliphatic carbocycles. The molecule has 0 radical (unpaired) electrons. The molecule has 1 heterocycles. The number of rotatable bonds is 1. The summed E-state index contributed by atoms with van der Waals surface area (Å²) in [6.45, 7) is -1.79. The third kappa shape index (κ3) is 1.09. The molecule has 0 saturated carbocycles. The fraction of sp³-hybridized carbons (Fsp3) is 0.750. The molecule has 1 fully saturated rings. The monoisotopic (exact) mass is 137 g/mol. The number of halogens is 2. The number of cyclic esters (lactones) is 1. The summed E-state index contributed by atoms with van der Waals surface area (Å²) in [4.78, 5) is 10.1. The van der Waals surface area contributed by atoms with E-state index in [2.05, 4.69) is 4.74 Å². The summed E-state index contributed by atoms with van der Waals surface area (Å²) in [5.41, 5.74) is 0. The van der Waals surface area contributed by atoms with Gasteiger partial charge in [-0.1, -0.05) is 0 Å². The van der Waals surface area contributed by atoms with Crippen molar-refractivity contribution in [1.82, 2.24) is 5.32 Å². The molecule has 1 unspecified atom stereocenters. The van der Waals surface area contributed by atoms with E-state index in [0.29, 0.717) is 0 Å². The number of amides is 1. The van der Waals surface area contributed by atoms with Crippen molar-refractivity contribution in [2.45, 2.75) is 5.79 Å². The topological polar surface area (TPSA) is 38.3 Å². The molecule has 9 heavy (non-hydrogen) atoms. The normalized spacial score (nSPS) is 33.8. The first kappa shape index (κ1) is 6.25. The Morgan fingerprint density at radius 3 is 2.78 bits per heavy atom. The number of carbonyl (C=O) groups is 1. The Labute approximate surface area is 50.0 Å². The van der Waals surface area contributed by atoms with Crippen LogP contribution in [0.25, 0.3) is 0 Å². The average Bonchev–Trinajstić information content (AvgIpc) is 2.13. The van der Waals surface area contributed by atoms with Crippen molar-refractivity contribution in [3.8, 4) is 0 Å². The molecule has 5 heteroatoms. The fourth-order valence-corrected chi connectivity index (χ4v) is 0.507. The standard InChI is InChI=1S/C4H5F2NO2/c5-1-4(6)2-9-3(8)7-4/h1-2H2,(H,7,8). The van der Waals surface area contributed by atoms with Gasteiger partial charge in [-0.3, -0.25) is 5.32 Å². The van der Waals surface area contributed by atoms with Gasteiger partial charge in [0.2, 0.25) is 5.79 Å². The Balaban J connectivity index is 2.54.